The summed E-state index contributed by atoms with van der Waals surface area (Å²) in [6.07, 6.45) is 4.93. The zero-order chi connectivity index (χ0) is 11.7. The van der Waals surface area contributed by atoms with Crippen molar-refractivity contribution in [3.05, 3.63) is 54.2 Å². The normalized spacial score (nSPS) is 10.6. The molecule has 82 valence electrons. The third-order valence-electron chi connectivity index (χ3n) is 2.60. The largest absolute Gasteiger partial charge is 0.256 e. The van der Waals surface area contributed by atoms with Crippen LogP contribution in [0.3, 0.4) is 0 Å². The van der Waals surface area contributed by atoms with Crippen LogP contribution < -0.4 is 0 Å². The topological polar surface area (TPSA) is 38.7 Å². The van der Waals surface area contributed by atoms with E-state index in [0.29, 0.717) is 5.15 Å². The minimum atomic E-state index is 0.455. The number of nitrogens with zero attached hydrogens (tertiary/aromatic N) is 3. The zero-order valence-electron chi connectivity index (χ0n) is 8.84. The van der Waals surface area contributed by atoms with Crippen LogP contribution in [-0.4, -0.2) is 15.0 Å². The highest BCUT2D eigenvalue weighted by Gasteiger charge is 2.08. The molecule has 17 heavy (non-hydrogen) atoms. The van der Waals surface area contributed by atoms with Crippen molar-refractivity contribution >= 4 is 22.5 Å². The van der Waals surface area contributed by atoms with Crippen LogP contribution in [-0.2, 0) is 0 Å². The summed E-state index contributed by atoms with van der Waals surface area (Å²) in [4.78, 5) is 12.3. The van der Waals surface area contributed by atoms with Gasteiger partial charge in [-0.25, -0.2) is 9.97 Å². The monoisotopic (exact) mass is 241 g/mol. The molecule has 0 radical (unpaired) electrons. The fraction of sp³-hybridized carbons (Fsp3) is 0. The highest BCUT2D eigenvalue weighted by atomic mass is 35.5. The molecule has 0 N–H and O–H groups in total. The Hall–Kier alpha value is -2.00. The molecule has 0 saturated carbocycles. The van der Waals surface area contributed by atoms with E-state index in [2.05, 4.69) is 15.0 Å². The third kappa shape index (κ3) is 1.74. The van der Waals surface area contributed by atoms with E-state index in [9.17, 15) is 0 Å². The molecular formula is C13H8ClN3. The van der Waals surface area contributed by atoms with Gasteiger partial charge in [0, 0.05) is 23.3 Å². The number of pyridine rings is 1. The van der Waals surface area contributed by atoms with Gasteiger partial charge in [-0.3, -0.25) is 4.98 Å². The van der Waals surface area contributed by atoms with Crippen molar-refractivity contribution in [1.29, 1.82) is 0 Å². The first-order valence-electron chi connectivity index (χ1n) is 5.16. The summed E-state index contributed by atoms with van der Waals surface area (Å²) < 4.78 is 0. The number of aromatic nitrogens is 3. The van der Waals surface area contributed by atoms with E-state index < -0.39 is 0 Å². The Kier molecular flexibility index (Phi) is 2.46. The number of benzene rings is 1. The SMILES string of the molecule is Clc1ncncc1-c1cccc2ncccc12. The lowest BCUT2D eigenvalue weighted by Crippen LogP contribution is -1.87. The molecule has 2 aromatic heterocycles. The molecule has 0 aliphatic heterocycles. The number of fused-ring (bicyclic) bond motifs is 1. The van der Waals surface area contributed by atoms with E-state index in [4.69, 9.17) is 11.6 Å². The van der Waals surface area contributed by atoms with Crippen LogP contribution in [0.25, 0.3) is 22.0 Å². The number of hydrogen-bond donors (Lipinski definition) is 0. The van der Waals surface area contributed by atoms with Gasteiger partial charge in [0.05, 0.1) is 5.52 Å². The molecule has 0 spiro atoms. The third-order valence-corrected chi connectivity index (χ3v) is 2.90. The van der Waals surface area contributed by atoms with E-state index in [1.54, 1.807) is 12.4 Å². The molecule has 3 rings (SSSR count). The average Bonchev–Trinajstić information content (AvgIpc) is 2.39. The predicted molar refractivity (Wildman–Crippen MR) is 67.8 cm³/mol. The summed E-state index contributed by atoms with van der Waals surface area (Å²) in [6.45, 7) is 0. The lowest BCUT2D eigenvalue weighted by molar-refractivity contribution is 1.17. The van der Waals surface area contributed by atoms with Gasteiger partial charge in [-0.15, -0.1) is 0 Å². The Balaban J connectivity index is 2.35. The maximum atomic E-state index is 6.09. The van der Waals surface area contributed by atoms with Crippen molar-refractivity contribution in [2.24, 2.45) is 0 Å². The van der Waals surface area contributed by atoms with Crippen LogP contribution in [0.2, 0.25) is 5.15 Å². The first-order chi connectivity index (χ1) is 8.36. The molecule has 0 atom stereocenters. The zero-order valence-corrected chi connectivity index (χ0v) is 9.59. The summed E-state index contributed by atoms with van der Waals surface area (Å²) in [6, 6.07) is 9.84. The van der Waals surface area contributed by atoms with E-state index >= 15 is 0 Å². The maximum Gasteiger partial charge on any atom is 0.140 e. The standard InChI is InChI=1S/C13H8ClN3/c14-13-11(7-15-8-17-13)9-3-1-5-12-10(9)4-2-6-16-12/h1-8H. The van der Waals surface area contributed by atoms with Crippen LogP contribution in [0.4, 0.5) is 0 Å². The van der Waals surface area contributed by atoms with E-state index in [0.717, 1.165) is 22.0 Å². The van der Waals surface area contributed by atoms with Crippen molar-refractivity contribution in [3.8, 4) is 11.1 Å². The molecular weight excluding hydrogens is 234 g/mol. The molecule has 3 aromatic rings. The molecule has 0 aliphatic rings. The summed E-state index contributed by atoms with van der Waals surface area (Å²) >= 11 is 6.09. The molecule has 4 heteroatoms. The molecule has 2 heterocycles. The van der Waals surface area contributed by atoms with Crippen LogP contribution in [0, 0.1) is 0 Å². The summed E-state index contributed by atoms with van der Waals surface area (Å²) in [5.41, 5.74) is 2.76. The molecule has 1 aromatic carbocycles. The Labute approximate surface area is 103 Å². The minimum Gasteiger partial charge on any atom is -0.256 e. The first kappa shape index (κ1) is 10.2. The molecule has 0 amide bonds. The van der Waals surface area contributed by atoms with Gasteiger partial charge in [-0.2, -0.15) is 0 Å². The van der Waals surface area contributed by atoms with Crippen LogP contribution in [0.15, 0.2) is 49.1 Å². The molecule has 0 bridgehead atoms. The van der Waals surface area contributed by atoms with Crippen LogP contribution in [0.5, 0.6) is 0 Å². The molecule has 0 saturated heterocycles. The first-order valence-corrected chi connectivity index (χ1v) is 5.53. The lowest BCUT2D eigenvalue weighted by atomic mass is 10.0. The van der Waals surface area contributed by atoms with Gasteiger partial charge in [-0.1, -0.05) is 29.8 Å². The van der Waals surface area contributed by atoms with E-state index in [-0.39, 0.29) is 0 Å². The van der Waals surface area contributed by atoms with Gasteiger partial charge < -0.3 is 0 Å². The Morgan fingerprint density at radius 3 is 2.76 bits per heavy atom. The number of rotatable bonds is 1. The minimum absolute atomic E-state index is 0.455. The second-order valence-corrected chi connectivity index (χ2v) is 3.96. The Bertz CT molecular complexity index is 677. The summed E-state index contributed by atoms with van der Waals surface area (Å²) in [7, 11) is 0. The maximum absolute atomic E-state index is 6.09. The van der Waals surface area contributed by atoms with E-state index in [1.807, 2.05) is 30.3 Å². The van der Waals surface area contributed by atoms with Crippen LogP contribution in [0.1, 0.15) is 0 Å². The van der Waals surface area contributed by atoms with Gasteiger partial charge >= 0.3 is 0 Å². The van der Waals surface area contributed by atoms with Crippen LogP contribution >= 0.6 is 11.6 Å². The van der Waals surface area contributed by atoms with Crippen molar-refractivity contribution in [3.63, 3.8) is 0 Å². The van der Waals surface area contributed by atoms with Crippen molar-refractivity contribution < 1.29 is 0 Å². The van der Waals surface area contributed by atoms with E-state index in [1.165, 1.54) is 6.33 Å². The Morgan fingerprint density at radius 1 is 0.941 bits per heavy atom. The van der Waals surface area contributed by atoms with Gasteiger partial charge in [0.1, 0.15) is 11.5 Å². The fourth-order valence-corrected chi connectivity index (χ4v) is 2.03. The second-order valence-electron chi connectivity index (χ2n) is 3.60. The predicted octanol–water partition coefficient (Wildman–Crippen LogP) is 3.35. The summed E-state index contributed by atoms with van der Waals surface area (Å²) in [5, 5.41) is 1.50. The van der Waals surface area contributed by atoms with Crippen molar-refractivity contribution in [2.75, 3.05) is 0 Å². The van der Waals surface area contributed by atoms with Crippen molar-refractivity contribution in [2.45, 2.75) is 0 Å². The average molecular weight is 242 g/mol. The van der Waals surface area contributed by atoms with Gasteiger partial charge in [0.2, 0.25) is 0 Å². The smallest absolute Gasteiger partial charge is 0.140 e. The molecule has 0 unspecified atom stereocenters. The van der Waals surface area contributed by atoms with Gasteiger partial charge in [-0.05, 0) is 17.7 Å². The van der Waals surface area contributed by atoms with Gasteiger partial charge in [0.25, 0.3) is 0 Å². The lowest BCUT2D eigenvalue weighted by Gasteiger charge is -2.06. The highest BCUT2D eigenvalue weighted by Crippen LogP contribution is 2.30. The fourth-order valence-electron chi connectivity index (χ4n) is 1.83. The molecule has 3 nitrogen and oxygen atoms in total. The van der Waals surface area contributed by atoms with Crippen molar-refractivity contribution in [1.82, 2.24) is 15.0 Å². The Morgan fingerprint density at radius 2 is 1.88 bits per heavy atom. The quantitative estimate of drug-likeness (QED) is 0.614. The summed E-state index contributed by atoms with van der Waals surface area (Å²) in [5.74, 6) is 0. The highest BCUT2D eigenvalue weighted by molar-refractivity contribution is 6.32. The van der Waals surface area contributed by atoms with Gasteiger partial charge in [0.15, 0.2) is 0 Å². The molecule has 0 fully saturated rings. The second kappa shape index (κ2) is 4.11. The number of hydrogen-bond acceptors (Lipinski definition) is 3. The molecule has 0 aliphatic carbocycles. The number of halogens is 1.